The SMILES string of the molecule is CN(C)C(=O)C1(n2ccc(-c3ccccc3)n2)CCC1. The fourth-order valence-electron chi connectivity index (χ4n) is 2.79. The molecule has 4 nitrogen and oxygen atoms in total. The van der Waals surface area contributed by atoms with Gasteiger partial charge in [0.1, 0.15) is 5.54 Å². The summed E-state index contributed by atoms with van der Waals surface area (Å²) in [6.45, 7) is 0. The minimum absolute atomic E-state index is 0.145. The van der Waals surface area contributed by atoms with Crippen molar-refractivity contribution in [3.05, 3.63) is 42.6 Å². The molecule has 1 amide bonds. The smallest absolute Gasteiger partial charge is 0.250 e. The summed E-state index contributed by atoms with van der Waals surface area (Å²) in [5.74, 6) is 0.145. The van der Waals surface area contributed by atoms with Crippen molar-refractivity contribution in [3.63, 3.8) is 0 Å². The van der Waals surface area contributed by atoms with Crippen LogP contribution < -0.4 is 0 Å². The van der Waals surface area contributed by atoms with Crippen LogP contribution in [0.4, 0.5) is 0 Å². The van der Waals surface area contributed by atoms with Gasteiger partial charge in [-0.2, -0.15) is 5.10 Å². The Morgan fingerprint density at radius 1 is 1.20 bits per heavy atom. The second-order valence-electron chi connectivity index (χ2n) is 5.60. The monoisotopic (exact) mass is 269 g/mol. The van der Waals surface area contributed by atoms with E-state index < -0.39 is 5.54 Å². The second-order valence-corrected chi connectivity index (χ2v) is 5.60. The zero-order valence-corrected chi connectivity index (χ0v) is 11.9. The van der Waals surface area contributed by atoms with Crippen LogP contribution in [0.5, 0.6) is 0 Å². The molecule has 0 atom stereocenters. The molecule has 0 aliphatic heterocycles. The van der Waals surface area contributed by atoms with Crippen molar-refractivity contribution in [1.29, 1.82) is 0 Å². The number of hydrogen-bond acceptors (Lipinski definition) is 2. The maximum absolute atomic E-state index is 12.5. The maximum Gasteiger partial charge on any atom is 0.250 e. The van der Waals surface area contributed by atoms with E-state index in [4.69, 9.17) is 0 Å². The second kappa shape index (κ2) is 4.78. The summed E-state index contributed by atoms with van der Waals surface area (Å²) in [6, 6.07) is 12.0. The molecule has 1 aromatic carbocycles. The molecule has 1 saturated carbocycles. The van der Waals surface area contributed by atoms with Crippen molar-refractivity contribution in [2.75, 3.05) is 14.1 Å². The highest BCUT2D eigenvalue weighted by Crippen LogP contribution is 2.40. The predicted molar refractivity (Wildman–Crippen MR) is 78.2 cm³/mol. The van der Waals surface area contributed by atoms with Crippen LogP contribution in [-0.4, -0.2) is 34.7 Å². The molecule has 0 saturated heterocycles. The fraction of sp³-hybridized carbons (Fsp3) is 0.375. The van der Waals surface area contributed by atoms with Crippen molar-refractivity contribution < 1.29 is 4.79 Å². The van der Waals surface area contributed by atoms with Gasteiger partial charge in [-0.15, -0.1) is 0 Å². The number of nitrogens with zero attached hydrogens (tertiary/aromatic N) is 3. The molecule has 4 heteroatoms. The molecule has 3 rings (SSSR count). The molecule has 0 radical (unpaired) electrons. The summed E-state index contributed by atoms with van der Waals surface area (Å²) in [7, 11) is 3.62. The highest BCUT2D eigenvalue weighted by atomic mass is 16.2. The number of likely N-dealkylation sites (N-methyl/N-ethyl adjacent to an activating group) is 1. The Morgan fingerprint density at radius 3 is 2.45 bits per heavy atom. The number of carbonyl (C=O) groups is 1. The van der Waals surface area contributed by atoms with Gasteiger partial charge in [0.15, 0.2) is 0 Å². The summed E-state index contributed by atoms with van der Waals surface area (Å²) < 4.78 is 1.86. The van der Waals surface area contributed by atoms with Crippen LogP contribution in [0.3, 0.4) is 0 Å². The van der Waals surface area contributed by atoms with Crippen LogP contribution in [0.15, 0.2) is 42.6 Å². The Labute approximate surface area is 119 Å². The normalized spacial score (nSPS) is 16.5. The summed E-state index contributed by atoms with van der Waals surface area (Å²) in [5.41, 5.74) is 1.54. The zero-order chi connectivity index (χ0) is 14.2. The molecule has 2 aromatic rings. The lowest BCUT2D eigenvalue weighted by Crippen LogP contribution is -2.53. The van der Waals surface area contributed by atoms with Crippen molar-refractivity contribution in [1.82, 2.24) is 14.7 Å². The number of benzene rings is 1. The number of hydrogen-bond donors (Lipinski definition) is 0. The Bertz CT molecular complexity index is 612. The van der Waals surface area contributed by atoms with Gasteiger partial charge in [-0.1, -0.05) is 30.3 Å². The molecule has 1 aliphatic rings. The van der Waals surface area contributed by atoms with Crippen LogP contribution >= 0.6 is 0 Å². The standard InChI is InChI=1S/C16H19N3O/c1-18(2)15(20)16(10-6-11-16)19-12-9-14(17-19)13-7-4-3-5-8-13/h3-5,7-9,12H,6,10-11H2,1-2H3. The van der Waals surface area contributed by atoms with E-state index in [0.29, 0.717) is 0 Å². The fourth-order valence-corrected chi connectivity index (χ4v) is 2.79. The van der Waals surface area contributed by atoms with Gasteiger partial charge in [0, 0.05) is 25.9 Å². The summed E-state index contributed by atoms with van der Waals surface area (Å²) >= 11 is 0. The Hall–Kier alpha value is -2.10. The van der Waals surface area contributed by atoms with Crippen molar-refractivity contribution >= 4 is 5.91 Å². The van der Waals surface area contributed by atoms with E-state index in [2.05, 4.69) is 5.10 Å². The van der Waals surface area contributed by atoms with E-state index in [1.807, 2.05) is 61.4 Å². The molecule has 1 aromatic heterocycles. The first-order valence-electron chi connectivity index (χ1n) is 6.97. The molecule has 1 aliphatic carbocycles. The molecule has 0 spiro atoms. The third-order valence-corrected chi connectivity index (χ3v) is 4.08. The highest BCUT2D eigenvalue weighted by molar-refractivity contribution is 5.85. The lowest BCUT2D eigenvalue weighted by molar-refractivity contribution is -0.143. The van der Waals surface area contributed by atoms with Crippen LogP contribution in [0.1, 0.15) is 19.3 Å². The van der Waals surface area contributed by atoms with Crippen LogP contribution in [-0.2, 0) is 10.3 Å². The van der Waals surface area contributed by atoms with Gasteiger partial charge in [0.05, 0.1) is 5.69 Å². The van der Waals surface area contributed by atoms with Crippen LogP contribution in [0.25, 0.3) is 11.3 Å². The third-order valence-electron chi connectivity index (χ3n) is 4.08. The Kier molecular flexibility index (Phi) is 3.08. The quantitative estimate of drug-likeness (QED) is 0.858. The lowest BCUT2D eigenvalue weighted by Gasteiger charge is -2.41. The average molecular weight is 269 g/mol. The molecule has 104 valence electrons. The van der Waals surface area contributed by atoms with Crippen LogP contribution in [0.2, 0.25) is 0 Å². The van der Waals surface area contributed by atoms with Gasteiger partial charge in [-0.3, -0.25) is 9.48 Å². The van der Waals surface area contributed by atoms with E-state index in [0.717, 1.165) is 30.5 Å². The molecule has 0 N–H and O–H groups in total. The minimum atomic E-state index is -0.462. The molecule has 0 bridgehead atoms. The van der Waals surface area contributed by atoms with Gasteiger partial charge < -0.3 is 4.90 Å². The molecular weight excluding hydrogens is 250 g/mol. The first-order valence-corrected chi connectivity index (χ1v) is 6.97. The molecule has 1 fully saturated rings. The molecule has 0 unspecified atom stereocenters. The Balaban J connectivity index is 1.95. The topological polar surface area (TPSA) is 38.1 Å². The van der Waals surface area contributed by atoms with E-state index in [1.165, 1.54) is 0 Å². The van der Waals surface area contributed by atoms with E-state index >= 15 is 0 Å². The number of rotatable bonds is 3. The zero-order valence-electron chi connectivity index (χ0n) is 11.9. The summed E-state index contributed by atoms with van der Waals surface area (Å²) in [4.78, 5) is 14.1. The molecular formula is C16H19N3O. The molecule has 20 heavy (non-hydrogen) atoms. The molecule has 1 heterocycles. The van der Waals surface area contributed by atoms with Crippen molar-refractivity contribution in [2.24, 2.45) is 0 Å². The van der Waals surface area contributed by atoms with Gasteiger partial charge in [0.25, 0.3) is 0 Å². The number of aromatic nitrogens is 2. The van der Waals surface area contributed by atoms with Gasteiger partial charge in [0.2, 0.25) is 5.91 Å². The number of carbonyl (C=O) groups excluding carboxylic acids is 1. The van der Waals surface area contributed by atoms with E-state index in [9.17, 15) is 4.79 Å². The van der Waals surface area contributed by atoms with Crippen molar-refractivity contribution in [3.8, 4) is 11.3 Å². The highest BCUT2D eigenvalue weighted by Gasteiger charge is 2.47. The van der Waals surface area contributed by atoms with Crippen molar-refractivity contribution in [2.45, 2.75) is 24.8 Å². The minimum Gasteiger partial charge on any atom is -0.347 e. The average Bonchev–Trinajstić information content (AvgIpc) is 2.88. The van der Waals surface area contributed by atoms with Gasteiger partial charge >= 0.3 is 0 Å². The van der Waals surface area contributed by atoms with Crippen LogP contribution in [0, 0.1) is 0 Å². The predicted octanol–water partition coefficient (Wildman–Crippen LogP) is 2.52. The first-order chi connectivity index (χ1) is 9.63. The number of amides is 1. The van der Waals surface area contributed by atoms with E-state index in [-0.39, 0.29) is 5.91 Å². The Morgan fingerprint density at radius 2 is 1.90 bits per heavy atom. The largest absolute Gasteiger partial charge is 0.347 e. The summed E-state index contributed by atoms with van der Waals surface area (Å²) in [6.07, 6.45) is 4.77. The maximum atomic E-state index is 12.5. The first kappa shape index (κ1) is 12.9. The summed E-state index contributed by atoms with van der Waals surface area (Å²) in [5, 5.41) is 4.65. The van der Waals surface area contributed by atoms with Gasteiger partial charge in [-0.25, -0.2) is 0 Å². The lowest BCUT2D eigenvalue weighted by atomic mass is 9.76. The third kappa shape index (κ3) is 1.92. The van der Waals surface area contributed by atoms with Gasteiger partial charge in [-0.05, 0) is 25.3 Å². The van der Waals surface area contributed by atoms with E-state index in [1.54, 1.807) is 4.90 Å².